The maximum Gasteiger partial charge on any atom is 0.274 e. The number of aromatic nitrogens is 1. The van der Waals surface area contributed by atoms with Gasteiger partial charge in [-0.2, -0.15) is 4.31 Å². The first-order valence-electron chi connectivity index (χ1n) is 10.2. The Morgan fingerprint density at radius 1 is 0.966 bits per heavy atom. The molecule has 0 radical (unpaired) electrons. The van der Waals surface area contributed by atoms with Gasteiger partial charge in [-0.05, 0) is 43.9 Å². The number of H-pyrrole nitrogens is 1. The lowest BCUT2D eigenvalue weighted by molar-refractivity contribution is -0.367. The Labute approximate surface area is 171 Å². The van der Waals surface area contributed by atoms with Crippen LogP contribution in [0.25, 0.3) is 0 Å². The van der Waals surface area contributed by atoms with Gasteiger partial charge in [0, 0.05) is 30.8 Å². The summed E-state index contributed by atoms with van der Waals surface area (Å²) >= 11 is 0. The molecule has 0 saturated carbocycles. The van der Waals surface area contributed by atoms with Crippen molar-refractivity contribution in [2.75, 3.05) is 36.4 Å². The zero-order valence-corrected chi connectivity index (χ0v) is 17.2. The number of nitrogens with zero attached hydrogens (tertiary/aromatic N) is 2. The third kappa shape index (κ3) is 4.43. The van der Waals surface area contributed by atoms with Crippen molar-refractivity contribution in [3.8, 4) is 0 Å². The van der Waals surface area contributed by atoms with Gasteiger partial charge in [0.15, 0.2) is 0 Å². The first-order chi connectivity index (χ1) is 14.0. The van der Waals surface area contributed by atoms with Crippen LogP contribution in [-0.2, 0) is 14.8 Å². The van der Waals surface area contributed by atoms with E-state index < -0.39 is 10.0 Å². The number of carbonyl (C=O) groups excluding carboxylic acids is 1. The van der Waals surface area contributed by atoms with E-state index in [1.807, 2.05) is 36.4 Å². The van der Waals surface area contributed by atoms with Crippen molar-refractivity contribution in [2.45, 2.75) is 30.6 Å². The number of hydrogen-bond acceptors (Lipinski definition) is 4. The Kier molecular flexibility index (Phi) is 5.82. The van der Waals surface area contributed by atoms with Crippen LogP contribution < -0.4 is 15.2 Å². The van der Waals surface area contributed by atoms with E-state index >= 15 is 0 Å². The number of piperidine rings is 1. The third-order valence-corrected chi connectivity index (χ3v) is 7.61. The minimum Gasteiger partial charge on any atom is -0.326 e. The van der Waals surface area contributed by atoms with Gasteiger partial charge in [-0.1, -0.05) is 18.2 Å². The number of carbonyl (C=O) groups is 1. The molecule has 2 aliphatic rings. The number of rotatable bonds is 5. The summed E-state index contributed by atoms with van der Waals surface area (Å²) in [4.78, 5) is 18.1. The molecule has 2 aromatic rings. The number of hydrogen-bond donors (Lipinski definition) is 1. The molecule has 2 N–H and O–H groups in total. The lowest BCUT2D eigenvalue weighted by atomic mass is 9.96. The minimum absolute atomic E-state index is 0.0127. The molecule has 2 aliphatic heterocycles. The maximum atomic E-state index is 12.6. The van der Waals surface area contributed by atoms with Crippen molar-refractivity contribution >= 4 is 27.4 Å². The van der Waals surface area contributed by atoms with E-state index in [1.54, 1.807) is 16.6 Å². The molecule has 3 heterocycles. The molecule has 4 rings (SSSR count). The highest BCUT2D eigenvalue weighted by Gasteiger charge is 2.31. The van der Waals surface area contributed by atoms with E-state index in [0.717, 1.165) is 50.3 Å². The zero-order valence-electron chi connectivity index (χ0n) is 16.4. The van der Waals surface area contributed by atoms with E-state index in [2.05, 4.69) is 15.2 Å². The first kappa shape index (κ1) is 19.8. The Bertz CT molecular complexity index is 934. The highest BCUT2D eigenvalue weighted by atomic mass is 32.2. The Morgan fingerprint density at radius 3 is 2.28 bits per heavy atom. The predicted molar refractivity (Wildman–Crippen MR) is 111 cm³/mol. The van der Waals surface area contributed by atoms with Gasteiger partial charge in [-0.25, -0.2) is 13.4 Å². The van der Waals surface area contributed by atoms with Crippen molar-refractivity contribution in [3.05, 3.63) is 48.7 Å². The van der Waals surface area contributed by atoms with E-state index in [4.69, 9.17) is 0 Å². The summed E-state index contributed by atoms with van der Waals surface area (Å²) in [6.07, 6.45) is 4.96. The highest BCUT2D eigenvalue weighted by Crippen LogP contribution is 2.24. The Hall–Kier alpha value is -2.45. The quantitative estimate of drug-likeness (QED) is 0.811. The van der Waals surface area contributed by atoms with Gasteiger partial charge >= 0.3 is 0 Å². The molecule has 2 fully saturated rings. The second-order valence-corrected chi connectivity index (χ2v) is 9.58. The fourth-order valence-corrected chi connectivity index (χ4v) is 5.47. The minimum atomic E-state index is -3.41. The number of pyridine rings is 1. The predicted octanol–water partition coefficient (Wildman–Crippen LogP) is 2.14. The first-order valence-corrected chi connectivity index (χ1v) is 11.6. The van der Waals surface area contributed by atoms with Crippen LogP contribution >= 0.6 is 0 Å². The van der Waals surface area contributed by atoms with Crippen LogP contribution in [-0.4, -0.2) is 44.8 Å². The normalized spacial score (nSPS) is 18.7. The summed E-state index contributed by atoms with van der Waals surface area (Å²) in [5, 5.41) is 2.98. The number of sulfonamides is 1. The smallest absolute Gasteiger partial charge is 0.274 e. The summed E-state index contributed by atoms with van der Waals surface area (Å²) < 4.78 is 26.8. The highest BCUT2D eigenvalue weighted by molar-refractivity contribution is 7.89. The van der Waals surface area contributed by atoms with Crippen LogP contribution in [0.1, 0.15) is 25.7 Å². The van der Waals surface area contributed by atoms with Crippen LogP contribution in [0.15, 0.2) is 53.6 Å². The van der Waals surface area contributed by atoms with Gasteiger partial charge in [-0.15, -0.1) is 0 Å². The Morgan fingerprint density at radius 2 is 1.66 bits per heavy atom. The van der Waals surface area contributed by atoms with Crippen LogP contribution in [0.5, 0.6) is 0 Å². The molecule has 1 amide bonds. The molecule has 1 aromatic carbocycles. The fourth-order valence-electron chi connectivity index (χ4n) is 3.99. The Balaban J connectivity index is 1.34. The fraction of sp³-hybridized carbons (Fsp3) is 0.429. The van der Waals surface area contributed by atoms with Crippen LogP contribution in [0.4, 0.5) is 11.5 Å². The average molecular weight is 416 g/mol. The molecule has 1 aromatic heterocycles. The van der Waals surface area contributed by atoms with Gasteiger partial charge in [0.1, 0.15) is 11.1 Å². The summed E-state index contributed by atoms with van der Waals surface area (Å²) in [5.41, 5.74) is 0.822. The topological polar surface area (TPSA) is 83.9 Å². The SMILES string of the molecule is O=C(Nc1ccccc1)C1CCN(c2ccc(S(=O)(=O)N3CCCC3)c[nH+]2)CC1. The second kappa shape index (κ2) is 8.51. The molecule has 2 saturated heterocycles. The van der Waals surface area contributed by atoms with E-state index in [1.165, 1.54) is 0 Å². The van der Waals surface area contributed by atoms with E-state index in [9.17, 15) is 13.2 Å². The van der Waals surface area contributed by atoms with Gasteiger partial charge in [0.05, 0.1) is 13.1 Å². The molecule has 0 atom stereocenters. The van der Waals surface area contributed by atoms with Crippen LogP contribution in [0.2, 0.25) is 0 Å². The number of anilines is 2. The number of para-hydroxylation sites is 1. The van der Waals surface area contributed by atoms with Gasteiger partial charge in [-0.3, -0.25) is 9.69 Å². The summed E-state index contributed by atoms with van der Waals surface area (Å²) in [6.45, 7) is 2.70. The molecule has 8 heteroatoms. The molecule has 0 aliphatic carbocycles. The summed E-state index contributed by atoms with van der Waals surface area (Å²) in [5.74, 6) is 0.931. The van der Waals surface area contributed by atoms with Gasteiger partial charge in [0.25, 0.3) is 5.82 Å². The molecule has 0 bridgehead atoms. The molecule has 154 valence electrons. The van der Waals surface area contributed by atoms with Crippen molar-refractivity contribution in [3.63, 3.8) is 0 Å². The van der Waals surface area contributed by atoms with Crippen molar-refractivity contribution in [1.82, 2.24) is 4.31 Å². The lowest BCUT2D eigenvalue weighted by Gasteiger charge is -2.27. The number of nitrogens with one attached hydrogen (secondary N) is 2. The summed E-state index contributed by atoms with van der Waals surface area (Å²) in [7, 11) is -3.41. The van der Waals surface area contributed by atoms with E-state index in [0.29, 0.717) is 18.0 Å². The largest absolute Gasteiger partial charge is 0.326 e. The average Bonchev–Trinajstić information content (AvgIpc) is 3.31. The third-order valence-electron chi connectivity index (χ3n) is 5.72. The zero-order chi connectivity index (χ0) is 20.3. The molecule has 0 spiro atoms. The number of aromatic amines is 1. The number of amides is 1. The lowest BCUT2D eigenvalue weighted by Crippen LogP contribution is -2.40. The van der Waals surface area contributed by atoms with Crippen molar-refractivity contribution < 1.29 is 18.2 Å². The van der Waals surface area contributed by atoms with Gasteiger partial charge < -0.3 is 5.32 Å². The summed E-state index contributed by atoms with van der Waals surface area (Å²) in [6, 6.07) is 13.0. The second-order valence-electron chi connectivity index (χ2n) is 7.64. The molecule has 29 heavy (non-hydrogen) atoms. The maximum absolute atomic E-state index is 12.6. The van der Waals surface area contributed by atoms with Crippen molar-refractivity contribution in [2.24, 2.45) is 5.92 Å². The molecular formula is C21H27N4O3S+. The number of benzene rings is 1. The molecular weight excluding hydrogens is 388 g/mol. The molecule has 0 unspecified atom stereocenters. The standard InChI is InChI=1S/C21H26N4O3S/c26-21(23-18-6-2-1-3-7-18)17-10-14-24(15-11-17)20-9-8-19(16-22-20)29(27,28)25-12-4-5-13-25/h1-3,6-9,16-17H,4-5,10-15H2,(H,23,26)/p+1. The van der Waals surface area contributed by atoms with Crippen molar-refractivity contribution in [1.29, 1.82) is 0 Å². The molecule has 7 nitrogen and oxygen atoms in total. The van der Waals surface area contributed by atoms with Gasteiger partial charge in [0.2, 0.25) is 15.9 Å². The monoisotopic (exact) mass is 415 g/mol. The van der Waals surface area contributed by atoms with E-state index in [-0.39, 0.29) is 11.8 Å². The van der Waals surface area contributed by atoms with Crippen LogP contribution in [0.3, 0.4) is 0 Å². The van der Waals surface area contributed by atoms with Crippen LogP contribution in [0, 0.1) is 5.92 Å².